The van der Waals surface area contributed by atoms with Crippen LogP contribution < -0.4 is 0 Å². The fraction of sp³-hybridized carbons (Fsp3) is 0.196. The molecule has 1 aromatic heterocycles. The van der Waals surface area contributed by atoms with Crippen molar-refractivity contribution in [2.75, 3.05) is 0 Å². The van der Waals surface area contributed by atoms with Crippen molar-refractivity contribution in [1.29, 1.82) is 0 Å². The van der Waals surface area contributed by atoms with E-state index >= 15 is 0 Å². The molecule has 0 aliphatic heterocycles. The van der Waals surface area contributed by atoms with Gasteiger partial charge in [0.15, 0.2) is 11.6 Å². The minimum atomic E-state index is -0.0571. The predicted octanol–water partition coefficient (Wildman–Crippen LogP) is 12.6. The second-order valence-corrected chi connectivity index (χ2v) is 16.3. The van der Waals surface area contributed by atoms with Gasteiger partial charge in [-0.1, -0.05) is 164 Å². The number of hydrogen-bond acceptors (Lipinski definition) is 3. The lowest BCUT2D eigenvalue weighted by atomic mass is 9.42. The van der Waals surface area contributed by atoms with Crippen molar-refractivity contribution in [3.05, 3.63) is 175 Å². The van der Waals surface area contributed by atoms with Gasteiger partial charge in [-0.15, -0.1) is 0 Å². The zero-order chi connectivity index (χ0) is 35.7. The summed E-state index contributed by atoms with van der Waals surface area (Å²) >= 11 is 0. The number of fused-ring (bicyclic) bond motifs is 2. The van der Waals surface area contributed by atoms with E-state index in [1.165, 1.54) is 81.5 Å². The summed E-state index contributed by atoms with van der Waals surface area (Å²) in [6.45, 7) is 0. The monoisotopic (exact) mass is 695 g/mol. The molecule has 0 N–H and O–H groups in total. The highest BCUT2D eigenvalue weighted by Crippen LogP contribution is 2.66. The lowest BCUT2D eigenvalue weighted by molar-refractivity contribution is -0.0319. The zero-order valence-electron chi connectivity index (χ0n) is 30.3. The first-order chi connectivity index (χ1) is 26.6. The number of aromatic nitrogens is 3. The Morgan fingerprint density at radius 3 is 1.22 bits per heavy atom. The van der Waals surface area contributed by atoms with E-state index in [4.69, 9.17) is 15.0 Å². The second-order valence-electron chi connectivity index (χ2n) is 16.3. The van der Waals surface area contributed by atoms with Crippen LogP contribution in [-0.2, 0) is 10.8 Å². The van der Waals surface area contributed by atoms with Crippen LogP contribution in [0.15, 0.2) is 164 Å². The van der Waals surface area contributed by atoms with Crippen LogP contribution in [0, 0.1) is 11.8 Å². The average Bonchev–Trinajstić information content (AvgIpc) is 3.23. The Bertz CT molecular complexity index is 2540. The van der Waals surface area contributed by atoms with E-state index in [0.717, 1.165) is 35.0 Å². The largest absolute Gasteiger partial charge is 0.212 e. The van der Waals surface area contributed by atoms with Crippen LogP contribution in [0.1, 0.15) is 49.9 Å². The molecule has 0 spiro atoms. The van der Waals surface area contributed by atoms with E-state index in [1.54, 1.807) is 0 Å². The molecule has 0 saturated heterocycles. The van der Waals surface area contributed by atoms with E-state index in [2.05, 4.69) is 164 Å². The van der Waals surface area contributed by atoms with Crippen molar-refractivity contribution in [2.24, 2.45) is 11.8 Å². The summed E-state index contributed by atoms with van der Waals surface area (Å²) in [6.07, 6.45) is 7.27. The zero-order valence-corrected chi connectivity index (χ0v) is 30.3. The minimum Gasteiger partial charge on any atom is -0.212 e. The van der Waals surface area contributed by atoms with Crippen molar-refractivity contribution in [3.63, 3.8) is 0 Å². The minimum absolute atomic E-state index is 0.0571. The first kappa shape index (κ1) is 31.6. The van der Waals surface area contributed by atoms with Crippen LogP contribution in [0.25, 0.3) is 66.6 Å². The van der Waals surface area contributed by atoms with Gasteiger partial charge in [0.25, 0.3) is 0 Å². The predicted molar refractivity (Wildman–Crippen MR) is 221 cm³/mol. The summed E-state index contributed by atoms with van der Waals surface area (Å²) in [5.41, 5.74) is 8.81. The third-order valence-electron chi connectivity index (χ3n) is 13.0. The van der Waals surface area contributed by atoms with Crippen molar-refractivity contribution in [2.45, 2.75) is 49.4 Å². The molecular weight excluding hydrogens is 655 g/mol. The van der Waals surface area contributed by atoms with Gasteiger partial charge in [-0.3, -0.25) is 0 Å². The third kappa shape index (κ3) is 5.05. The Balaban J connectivity index is 1.02. The Kier molecular flexibility index (Phi) is 7.20. The van der Waals surface area contributed by atoms with Gasteiger partial charge < -0.3 is 0 Å². The molecule has 0 radical (unpaired) electrons. The third-order valence-corrected chi connectivity index (χ3v) is 13.0. The smallest absolute Gasteiger partial charge is 0.163 e. The molecule has 0 amide bonds. The van der Waals surface area contributed by atoms with Gasteiger partial charge in [0.05, 0.1) is 0 Å². The highest BCUT2D eigenvalue weighted by molar-refractivity contribution is 6.21. The molecule has 3 nitrogen and oxygen atoms in total. The van der Waals surface area contributed by atoms with Crippen LogP contribution in [0.5, 0.6) is 0 Å². The molecule has 4 aliphatic rings. The summed E-state index contributed by atoms with van der Waals surface area (Å²) < 4.78 is 0. The van der Waals surface area contributed by atoms with E-state index < -0.39 is 0 Å². The van der Waals surface area contributed by atoms with Crippen molar-refractivity contribution in [1.82, 2.24) is 15.0 Å². The quantitative estimate of drug-likeness (QED) is 0.163. The molecule has 7 aromatic carbocycles. The molecule has 1 heterocycles. The molecule has 260 valence electrons. The number of rotatable bonds is 6. The lowest BCUT2D eigenvalue weighted by Crippen LogP contribution is -2.56. The number of hydrogen-bond donors (Lipinski definition) is 0. The lowest BCUT2D eigenvalue weighted by Gasteiger charge is -2.61. The summed E-state index contributed by atoms with van der Waals surface area (Å²) in [6, 6.07) is 59.5. The Morgan fingerprint density at radius 2 is 0.759 bits per heavy atom. The van der Waals surface area contributed by atoms with E-state index in [0.29, 0.717) is 11.8 Å². The number of nitrogens with zero attached hydrogens (tertiary/aromatic N) is 3. The van der Waals surface area contributed by atoms with Crippen molar-refractivity contribution in [3.8, 4) is 45.0 Å². The fourth-order valence-corrected chi connectivity index (χ4v) is 11.3. The normalized spacial score (nSPS) is 22.9. The molecule has 4 bridgehead atoms. The van der Waals surface area contributed by atoms with Gasteiger partial charge in [-0.2, -0.15) is 0 Å². The maximum Gasteiger partial charge on any atom is 0.163 e. The second kappa shape index (κ2) is 12.3. The molecule has 12 rings (SSSR count). The maximum absolute atomic E-state index is 5.36. The van der Waals surface area contributed by atoms with Crippen LogP contribution in [0.2, 0.25) is 0 Å². The molecule has 8 aromatic rings. The summed E-state index contributed by atoms with van der Waals surface area (Å²) in [7, 11) is 0. The van der Waals surface area contributed by atoms with Gasteiger partial charge in [-0.05, 0) is 105 Å². The summed E-state index contributed by atoms with van der Waals surface area (Å²) in [5.74, 6) is 3.93. The van der Waals surface area contributed by atoms with Gasteiger partial charge in [0, 0.05) is 16.5 Å². The average molecular weight is 696 g/mol. The molecule has 2 unspecified atom stereocenters. The van der Waals surface area contributed by atoms with E-state index in [-0.39, 0.29) is 10.8 Å². The van der Waals surface area contributed by atoms with Gasteiger partial charge in [0.1, 0.15) is 5.82 Å². The van der Waals surface area contributed by atoms with Gasteiger partial charge in [-0.25, -0.2) is 15.0 Å². The SMILES string of the molecule is c1ccc(-c2nc(-c3ccccc3)nc(C34CC5CC(CC(c6ccc(-c7c8ccccc8c(-c8ccccc8)c8ccccc78)cc6)(C5)C3)C4)n2)cc1. The van der Waals surface area contributed by atoms with Gasteiger partial charge >= 0.3 is 0 Å². The van der Waals surface area contributed by atoms with Crippen LogP contribution >= 0.6 is 0 Å². The molecule has 4 fully saturated rings. The summed E-state index contributed by atoms with van der Waals surface area (Å²) in [4.78, 5) is 15.8. The van der Waals surface area contributed by atoms with Gasteiger partial charge in [0.2, 0.25) is 0 Å². The maximum atomic E-state index is 5.36. The Hall–Kier alpha value is -5.93. The van der Waals surface area contributed by atoms with Crippen LogP contribution in [0.4, 0.5) is 0 Å². The molecule has 54 heavy (non-hydrogen) atoms. The Morgan fingerprint density at radius 1 is 0.370 bits per heavy atom. The topological polar surface area (TPSA) is 38.7 Å². The standard InChI is InChI=1S/C51H41N3/c1-4-14-36(15-5-1)45-41-20-10-12-22-43(41)46(44-23-13-11-21-42(44)45)37-24-26-40(27-25-37)50-29-34-28-35(30-50)32-51(31-34,33-50)49-53-47(38-16-6-2-7-17-38)52-48(54-49)39-18-8-3-9-19-39/h1-27,34-35H,28-33H2. The molecule has 4 saturated carbocycles. The van der Waals surface area contributed by atoms with E-state index in [1.807, 2.05) is 0 Å². The first-order valence-electron chi connectivity index (χ1n) is 19.6. The fourth-order valence-electron chi connectivity index (χ4n) is 11.3. The van der Waals surface area contributed by atoms with Crippen LogP contribution in [-0.4, -0.2) is 15.0 Å². The highest BCUT2D eigenvalue weighted by atomic mass is 15.1. The van der Waals surface area contributed by atoms with E-state index in [9.17, 15) is 0 Å². The Labute approximate surface area is 316 Å². The highest BCUT2D eigenvalue weighted by Gasteiger charge is 2.60. The molecular formula is C51H41N3. The molecule has 2 atom stereocenters. The first-order valence-corrected chi connectivity index (χ1v) is 19.6. The summed E-state index contributed by atoms with van der Waals surface area (Å²) in [5, 5.41) is 5.20. The number of benzene rings is 7. The molecule has 3 heteroatoms. The van der Waals surface area contributed by atoms with Crippen molar-refractivity contribution >= 4 is 21.5 Å². The van der Waals surface area contributed by atoms with Crippen LogP contribution in [0.3, 0.4) is 0 Å². The molecule has 4 aliphatic carbocycles. The van der Waals surface area contributed by atoms with Crippen molar-refractivity contribution < 1.29 is 0 Å².